The molecular formula is C7H2ClF3N2. The third kappa shape index (κ3) is 1.73. The van der Waals surface area contributed by atoms with Gasteiger partial charge in [-0.1, -0.05) is 11.6 Å². The number of alkyl halides is 2. The lowest BCUT2D eigenvalue weighted by Gasteiger charge is -2.03. The van der Waals surface area contributed by atoms with Crippen molar-refractivity contribution in [3.63, 3.8) is 0 Å². The SMILES string of the molecule is N#Cc1c(F)ncc(C(F)F)c1Cl. The van der Waals surface area contributed by atoms with Gasteiger partial charge in [0, 0.05) is 6.20 Å². The van der Waals surface area contributed by atoms with Crippen LogP contribution >= 0.6 is 11.6 Å². The Balaban J connectivity index is 3.38. The van der Waals surface area contributed by atoms with Crippen LogP contribution in [-0.2, 0) is 0 Å². The third-order valence-electron chi connectivity index (χ3n) is 1.34. The Morgan fingerprint density at radius 1 is 1.54 bits per heavy atom. The first-order chi connectivity index (χ1) is 6.07. The van der Waals surface area contributed by atoms with E-state index in [0.29, 0.717) is 6.20 Å². The Morgan fingerprint density at radius 2 is 2.15 bits per heavy atom. The summed E-state index contributed by atoms with van der Waals surface area (Å²) in [6.45, 7) is 0. The van der Waals surface area contributed by atoms with Crippen molar-refractivity contribution in [2.45, 2.75) is 6.43 Å². The van der Waals surface area contributed by atoms with Gasteiger partial charge in [-0.2, -0.15) is 9.65 Å². The van der Waals surface area contributed by atoms with Crippen molar-refractivity contribution in [1.29, 1.82) is 5.26 Å². The van der Waals surface area contributed by atoms with Gasteiger partial charge in [0.1, 0.15) is 11.6 Å². The Hall–Kier alpha value is -1.28. The van der Waals surface area contributed by atoms with Gasteiger partial charge in [-0.25, -0.2) is 13.8 Å². The molecule has 0 unspecified atom stereocenters. The molecule has 0 spiro atoms. The van der Waals surface area contributed by atoms with Crippen LogP contribution in [0.15, 0.2) is 6.20 Å². The van der Waals surface area contributed by atoms with Crippen molar-refractivity contribution in [2.24, 2.45) is 0 Å². The standard InChI is InChI=1S/C7H2ClF3N2/c8-5-3(1-12)7(11)13-2-4(5)6(9)10/h2,6H. The van der Waals surface area contributed by atoms with Crippen molar-refractivity contribution in [3.8, 4) is 6.07 Å². The van der Waals surface area contributed by atoms with E-state index in [9.17, 15) is 13.2 Å². The number of nitriles is 1. The van der Waals surface area contributed by atoms with Gasteiger partial charge in [0.05, 0.1) is 10.6 Å². The second kappa shape index (κ2) is 3.62. The lowest BCUT2D eigenvalue weighted by molar-refractivity contribution is 0.151. The third-order valence-corrected chi connectivity index (χ3v) is 1.75. The molecule has 1 aromatic rings. The molecule has 0 radical (unpaired) electrons. The van der Waals surface area contributed by atoms with E-state index in [1.54, 1.807) is 0 Å². The first kappa shape index (κ1) is 9.81. The maximum atomic E-state index is 12.6. The van der Waals surface area contributed by atoms with E-state index in [-0.39, 0.29) is 0 Å². The summed E-state index contributed by atoms with van der Waals surface area (Å²) in [7, 11) is 0. The summed E-state index contributed by atoms with van der Waals surface area (Å²) in [6.07, 6.45) is -2.25. The second-order valence-electron chi connectivity index (χ2n) is 2.11. The monoisotopic (exact) mass is 206 g/mol. The summed E-state index contributed by atoms with van der Waals surface area (Å²) in [5.74, 6) is -1.14. The van der Waals surface area contributed by atoms with Gasteiger partial charge in [0.15, 0.2) is 0 Å². The molecule has 0 fully saturated rings. The first-order valence-corrected chi connectivity index (χ1v) is 3.48. The van der Waals surface area contributed by atoms with Crippen LogP contribution in [0.2, 0.25) is 5.02 Å². The van der Waals surface area contributed by atoms with Crippen LogP contribution in [0, 0.1) is 17.3 Å². The lowest BCUT2D eigenvalue weighted by Crippen LogP contribution is -1.96. The maximum Gasteiger partial charge on any atom is 0.266 e. The molecule has 2 nitrogen and oxygen atoms in total. The van der Waals surface area contributed by atoms with E-state index in [1.807, 2.05) is 0 Å². The Kier molecular flexibility index (Phi) is 2.73. The highest BCUT2D eigenvalue weighted by Crippen LogP contribution is 2.29. The molecule has 0 amide bonds. The average molecular weight is 207 g/mol. The average Bonchev–Trinajstić information content (AvgIpc) is 2.04. The molecule has 0 bridgehead atoms. The van der Waals surface area contributed by atoms with Gasteiger partial charge in [-0.05, 0) is 0 Å². The summed E-state index contributed by atoms with van der Waals surface area (Å²) < 4.78 is 36.9. The largest absolute Gasteiger partial charge is 0.266 e. The number of rotatable bonds is 1. The molecule has 0 aliphatic carbocycles. The molecule has 0 aliphatic rings. The molecular weight excluding hydrogens is 205 g/mol. The Labute approximate surface area is 76.6 Å². The number of aromatic nitrogens is 1. The van der Waals surface area contributed by atoms with E-state index >= 15 is 0 Å². The minimum Gasteiger partial charge on any atom is -0.227 e. The molecule has 1 heterocycles. The quantitative estimate of drug-likeness (QED) is 0.663. The minimum absolute atomic E-state index is 0.579. The predicted octanol–water partition coefficient (Wildman–Crippen LogP) is 2.68. The molecule has 1 aromatic heterocycles. The lowest BCUT2D eigenvalue weighted by atomic mass is 10.2. The van der Waals surface area contributed by atoms with Gasteiger partial charge in [0.25, 0.3) is 6.43 Å². The highest BCUT2D eigenvalue weighted by atomic mass is 35.5. The number of pyridine rings is 1. The van der Waals surface area contributed by atoms with E-state index in [2.05, 4.69) is 4.98 Å². The molecule has 1 rings (SSSR count). The van der Waals surface area contributed by atoms with Crippen LogP contribution in [0.1, 0.15) is 17.6 Å². The second-order valence-corrected chi connectivity index (χ2v) is 2.48. The summed E-state index contributed by atoms with van der Waals surface area (Å²) in [4.78, 5) is 2.98. The van der Waals surface area contributed by atoms with Crippen molar-refractivity contribution < 1.29 is 13.2 Å². The number of hydrogen-bond donors (Lipinski definition) is 0. The fourth-order valence-corrected chi connectivity index (χ4v) is 0.981. The number of nitrogens with zero attached hydrogens (tertiary/aromatic N) is 2. The van der Waals surface area contributed by atoms with Gasteiger partial charge < -0.3 is 0 Å². The zero-order chi connectivity index (χ0) is 10.0. The van der Waals surface area contributed by atoms with Crippen LogP contribution in [0.4, 0.5) is 13.2 Å². The van der Waals surface area contributed by atoms with Gasteiger partial charge in [0.2, 0.25) is 5.95 Å². The molecule has 0 N–H and O–H groups in total. The fraction of sp³-hybridized carbons (Fsp3) is 0.143. The first-order valence-electron chi connectivity index (χ1n) is 3.10. The van der Waals surface area contributed by atoms with E-state index in [4.69, 9.17) is 16.9 Å². The van der Waals surface area contributed by atoms with Crippen molar-refractivity contribution in [2.75, 3.05) is 0 Å². The van der Waals surface area contributed by atoms with Crippen LogP contribution < -0.4 is 0 Å². The molecule has 6 heteroatoms. The van der Waals surface area contributed by atoms with E-state index < -0.39 is 28.5 Å². The number of hydrogen-bond acceptors (Lipinski definition) is 2. The van der Waals surface area contributed by atoms with Crippen molar-refractivity contribution >= 4 is 11.6 Å². The minimum atomic E-state index is -2.87. The summed E-state index contributed by atoms with van der Waals surface area (Å²) in [5, 5.41) is 7.77. The zero-order valence-corrected chi connectivity index (χ0v) is 6.82. The van der Waals surface area contributed by atoms with Gasteiger partial charge in [-0.3, -0.25) is 0 Å². The Bertz CT molecular complexity index is 373. The fourth-order valence-electron chi connectivity index (χ4n) is 0.730. The van der Waals surface area contributed by atoms with Crippen LogP contribution in [-0.4, -0.2) is 4.98 Å². The van der Waals surface area contributed by atoms with Gasteiger partial charge >= 0.3 is 0 Å². The smallest absolute Gasteiger partial charge is 0.227 e. The summed E-state index contributed by atoms with van der Waals surface area (Å²) >= 11 is 5.33. The zero-order valence-electron chi connectivity index (χ0n) is 6.06. The summed E-state index contributed by atoms with van der Waals surface area (Å²) in [6, 6.07) is 1.36. The van der Waals surface area contributed by atoms with Crippen LogP contribution in [0.25, 0.3) is 0 Å². The number of halogens is 4. The summed E-state index contributed by atoms with van der Waals surface area (Å²) in [5.41, 5.74) is -1.29. The molecule has 0 aromatic carbocycles. The molecule has 0 aliphatic heterocycles. The molecule has 0 atom stereocenters. The molecule has 68 valence electrons. The highest BCUT2D eigenvalue weighted by molar-refractivity contribution is 6.32. The predicted molar refractivity (Wildman–Crippen MR) is 38.9 cm³/mol. The van der Waals surface area contributed by atoms with Crippen LogP contribution in [0.5, 0.6) is 0 Å². The van der Waals surface area contributed by atoms with Gasteiger partial charge in [-0.15, -0.1) is 0 Å². The topological polar surface area (TPSA) is 36.7 Å². The van der Waals surface area contributed by atoms with E-state index in [0.717, 1.165) is 0 Å². The maximum absolute atomic E-state index is 12.6. The van der Waals surface area contributed by atoms with Crippen LogP contribution in [0.3, 0.4) is 0 Å². The Morgan fingerprint density at radius 3 is 2.62 bits per heavy atom. The molecule has 0 saturated heterocycles. The van der Waals surface area contributed by atoms with Crippen molar-refractivity contribution in [3.05, 3.63) is 28.3 Å². The van der Waals surface area contributed by atoms with E-state index in [1.165, 1.54) is 6.07 Å². The van der Waals surface area contributed by atoms with Crippen molar-refractivity contribution in [1.82, 2.24) is 4.98 Å². The molecule has 13 heavy (non-hydrogen) atoms. The highest BCUT2D eigenvalue weighted by Gasteiger charge is 2.18. The normalized spacial score (nSPS) is 10.2. The molecule has 0 saturated carbocycles.